The second-order valence-corrected chi connectivity index (χ2v) is 30.7. The summed E-state index contributed by atoms with van der Waals surface area (Å²) in [6.45, 7) is 45.4. The number of aliphatic hydroxyl groups excluding tert-OH is 2. The van der Waals surface area contributed by atoms with Gasteiger partial charge in [-0.2, -0.15) is 0 Å². The predicted molar refractivity (Wildman–Crippen MR) is 312 cm³/mol. The van der Waals surface area contributed by atoms with Crippen LogP contribution in [-0.2, 0) is 58.0 Å². The van der Waals surface area contributed by atoms with Crippen molar-refractivity contribution in [3.8, 4) is 11.5 Å². The van der Waals surface area contributed by atoms with E-state index in [0.717, 1.165) is 22.3 Å². The quantitative estimate of drug-likeness (QED) is 0.0398. The molecule has 0 aromatic heterocycles. The molecule has 0 amide bonds. The van der Waals surface area contributed by atoms with Gasteiger partial charge in [0.25, 0.3) is 0 Å². The molecule has 0 saturated carbocycles. The van der Waals surface area contributed by atoms with Crippen molar-refractivity contribution in [2.45, 2.75) is 215 Å². The first-order valence-corrected chi connectivity index (χ1v) is 28.9. The molecule has 0 aliphatic heterocycles. The number of esters is 2. The SMILES string of the molecule is CC(C)(C)c1ccc(OC(=O)c2cc(C(C)(C)C)c(C(OP(O)O)(c3c(C(C)(C)C)cc(C(=O)Oc4ccc(C(C)(C)C)cc4C(C)(C)C)cc3C(C)(C)C)C(CO)(CO)COP(O)O)c(C(C)(C)C)c2)c(C(C)(C)C)c1. The Morgan fingerprint density at radius 2 is 0.688 bits per heavy atom. The molecule has 0 saturated heterocycles. The number of carbonyl (C=O) groups is 2. The highest BCUT2D eigenvalue weighted by Gasteiger charge is 2.62. The molecule has 0 unspecified atom stereocenters. The second-order valence-electron chi connectivity index (χ2n) is 29.2. The number of hydrogen-bond acceptors (Lipinski definition) is 12. The number of benzene rings is 4. The zero-order valence-corrected chi connectivity index (χ0v) is 52.7. The van der Waals surface area contributed by atoms with E-state index < -0.39 is 92.5 Å². The Kier molecular flexibility index (Phi) is 19.4. The molecule has 14 heteroatoms. The summed E-state index contributed by atoms with van der Waals surface area (Å²) in [6, 6.07) is 18.5. The van der Waals surface area contributed by atoms with E-state index >= 15 is 9.59 Å². The normalized spacial score (nSPS) is 13.9. The van der Waals surface area contributed by atoms with Crippen LogP contribution in [0.25, 0.3) is 0 Å². The van der Waals surface area contributed by atoms with Crippen LogP contribution in [0.5, 0.6) is 11.5 Å². The standard InChI is InChI=1S/C63H94O12P2/c1-54(2,3)40-25-27-48(42(33-40)56(7,8)9)73-52(66)38-29-44(58(13,14)15)50(45(30-38)59(16,17)18)63(75-77(70)71,62(35-64,36-65)37-72-76(68)69)51-46(60(19,20)21)31-39(32-47(51)61(22,23)24)53(67)74-49-28-26-41(55(4,5)6)34-43(49)57(10,11)12/h25-34,64-65,68-71H,35-37H2,1-24H3. The van der Waals surface area contributed by atoms with Crippen molar-refractivity contribution in [1.29, 1.82) is 0 Å². The zero-order valence-electron chi connectivity index (χ0n) is 50.9. The highest BCUT2D eigenvalue weighted by molar-refractivity contribution is 7.39. The molecule has 0 radical (unpaired) electrons. The van der Waals surface area contributed by atoms with Gasteiger partial charge in [0.1, 0.15) is 17.1 Å². The van der Waals surface area contributed by atoms with Crippen LogP contribution in [-0.4, -0.2) is 61.5 Å². The van der Waals surface area contributed by atoms with Gasteiger partial charge in [-0.25, -0.2) is 9.59 Å². The fourth-order valence-electron chi connectivity index (χ4n) is 9.92. The summed E-state index contributed by atoms with van der Waals surface area (Å²) in [5, 5.41) is 24.4. The third-order valence-electron chi connectivity index (χ3n) is 14.4. The van der Waals surface area contributed by atoms with Crippen molar-refractivity contribution in [1.82, 2.24) is 0 Å². The predicted octanol–water partition coefficient (Wildman–Crippen LogP) is 14.2. The smallest absolute Gasteiger partial charge is 0.343 e. The van der Waals surface area contributed by atoms with Crippen LogP contribution in [0.3, 0.4) is 0 Å². The van der Waals surface area contributed by atoms with E-state index in [4.69, 9.17) is 18.5 Å². The Morgan fingerprint density at radius 3 is 0.909 bits per heavy atom. The zero-order chi connectivity index (χ0) is 59.4. The minimum absolute atomic E-state index is 0.159. The van der Waals surface area contributed by atoms with Gasteiger partial charge >= 0.3 is 29.1 Å². The van der Waals surface area contributed by atoms with Gasteiger partial charge in [0, 0.05) is 11.1 Å². The molecule has 0 atom stereocenters. The van der Waals surface area contributed by atoms with Crippen LogP contribution in [0.4, 0.5) is 0 Å². The van der Waals surface area contributed by atoms with Crippen LogP contribution >= 0.6 is 17.2 Å². The van der Waals surface area contributed by atoms with E-state index in [-0.39, 0.29) is 33.1 Å². The second kappa shape index (κ2) is 22.7. The Balaban J connectivity index is 2.38. The summed E-state index contributed by atoms with van der Waals surface area (Å²) >= 11 is 0. The van der Waals surface area contributed by atoms with E-state index in [1.165, 1.54) is 0 Å². The molecule has 0 aliphatic carbocycles. The molecule has 4 rings (SSSR count). The molecule has 428 valence electrons. The average Bonchev–Trinajstić information content (AvgIpc) is 3.25. The molecule has 0 aliphatic rings. The van der Waals surface area contributed by atoms with Crippen molar-refractivity contribution in [3.05, 3.63) is 127 Å². The maximum absolute atomic E-state index is 15.0. The molecule has 0 spiro atoms. The Labute approximate surface area is 464 Å². The Hall–Kier alpha value is -3.64. The third-order valence-corrected chi connectivity index (χ3v) is 15.2. The highest BCUT2D eigenvalue weighted by atomic mass is 31.2. The van der Waals surface area contributed by atoms with Gasteiger partial charge < -0.3 is 43.8 Å². The maximum atomic E-state index is 15.0. The van der Waals surface area contributed by atoms with Gasteiger partial charge in [0.15, 0.2) is 0 Å². The molecular weight excluding hydrogens is 1010 g/mol. The van der Waals surface area contributed by atoms with E-state index in [1.54, 1.807) is 24.3 Å². The summed E-state index contributed by atoms with van der Waals surface area (Å²) in [7, 11) is -6.61. The number of aliphatic hydroxyl groups is 2. The Bertz CT molecular complexity index is 2530. The van der Waals surface area contributed by atoms with Crippen LogP contribution in [0.15, 0.2) is 60.7 Å². The number of hydrogen-bond donors (Lipinski definition) is 6. The minimum atomic E-state index is -3.47. The van der Waals surface area contributed by atoms with E-state index in [1.807, 2.05) is 107 Å². The van der Waals surface area contributed by atoms with Gasteiger partial charge in [-0.15, -0.1) is 0 Å². The van der Waals surface area contributed by atoms with Gasteiger partial charge in [-0.3, -0.25) is 4.52 Å². The summed E-state index contributed by atoms with van der Waals surface area (Å²) in [6.07, 6.45) is 0. The largest absolute Gasteiger partial charge is 0.423 e. The topological polar surface area (TPSA) is 192 Å². The van der Waals surface area contributed by atoms with Crippen LogP contribution in [0.1, 0.15) is 243 Å². The molecule has 6 N–H and O–H groups in total. The maximum Gasteiger partial charge on any atom is 0.343 e. The molecular formula is C63H94O12P2. The van der Waals surface area contributed by atoms with Gasteiger partial charge in [-0.1, -0.05) is 190 Å². The lowest BCUT2D eigenvalue weighted by Crippen LogP contribution is -2.58. The number of carbonyl (C=O) groups excluding carboxylic acids is 2. The van der Waals surface area contributed by atoms with E-state index in [0.29, 0.717) is 33.8 Å². The minimum Gasteiger partial charge on any atom is -0.423 e. The van der Waals surface area contributed by atoms with Crippen molar-refractivity contribution in [2.75, 3.05) is 19.8 Å². The molecule has 12 nitrogen and oxygen atoms in total. The first-order valence-electron chi connectivity index (χ1n) is 26.6. The summed E-state index contributed by atoms with van der Waals surface area (Å²) < 4.78 is 25.4. The molecule has 77 heavy (non-hydrogen) atoms. The lowest BCUT2D eigenvalue weighted by molar-refractivity contribution is -0.123. The molecule has 0 heterocycles. The van der Waals surface area contributed by atoms with Crippen molar-refractivity contribution in [2.24, 2.45) is 5.41 Å². The van der Waals surface area contributed by atoms with Crippen molar-refractivity contribution < 1.29 is 57.9 Å². The van der Waals surface area contributed by atoms with Gasteiger partial charge in [-0.05, 0) is 124 Å². The average molecular weight is 1110 g/mol. The lowest BCUT2D eigenvalue weighted by atomic mass is 9.56. The summed E-state index contributed by atoms with van der Waals surface area (Å²) in [5.41, 5.74) is -3.24. The first-order chi connectivity index (χ1) is 34.6. The van der Waals surface area contributed by atoms with Gasteiger partial charge in [0.05, 0.1) is 36.4 Å². The molecule has 0 fully saturated rings. The highest BCUT2D eigenvalue weighted by Crippen LogP contribution is 2.62. The monoisotopic (exact) mass is 1100 g/mol. The molecule has 4 aromatic carbocycles. The first kappa shape index (κ1) is 65.9. The van der Waals surface area contributed by atoms with Crippen LogP contribution in [0, 0.1) is 5.41 Å². The van der Waals surface area contributed by atoms with Crippen molar-refractivity contribution >= 4 is 29.1 Å². The Morgan fingerprint density at radius 1 is 0.403 bits per heavy atom. The fraction of sp³-hybridized carbons (Fsp3) is 0.587. The van der Waals surface area contributed by atoms with Gasteiger partial charge in [0.2, 0.25) is 0 Å². The van der Waals surface area contributed by atoms with Crippen LogP contribution < -0.4 is 9.47 Å². The fourth-order valence-corrected chi connectivity index (χ4v) is 10.9. The third kappa shape index (κ3) is 14.7. The number of ether oxygens (including phenoxy) is 2. The van der Waals surface area contributed by atoms with E-state index in [2.05, 4.69) is 95.2 Å². The summed E-state index contributed by atoms with van der Waals surface area (Å²) in [4.78, 5) is 74.5. The molecule has 0 bridgehead atoms. The number of rotatable bonds is 14. The van der Waals surface area contributed by atoms with Crippen LogP contribution in [0.2, 0.25) is 0 Å². The molecule has 4 aromatic rings. The van der Waals surface area contributed by atoms with E-state index in [9.17, 15) is 29.8 Å². The summed E-state index contributed by atoms with van der Waals surface area (Å²) in [5.74, 6) is -0.555. The van der Waals surface area contributed by atoms with Crippen molar-refractivity contribution in [3.63, 3.8) is 0 Å². The lowest BCUT2D eigenvalue weighted by Gasteiger charge is -2.54.